The summed E-state index contributed by atoms with van der Waals surface area (Å²) >= 11 is 0. The van der Waals surface area contributed by atoms with Gasteiger partial charge in [0, 0.05) is 43.9 Å². The van der Waals surface area contributed by atoms with Gasteiger partial charge in [-0.15, -0.1) is 0 Å². The number of ether oxygens (including phenoxy) is 2. The number of rotatable bonds is 2. The van der Waals surface area contributed by atoms with Crippen molar-refractivity contribution in [3.63, 3.8) is 0 Å². The van der Waals surface area contributed by atoms with Crippen LogP contribution in [0, 0.1) is 6.92 Å². The van der Waals surface area contributed by atoms with Crippen molar-refractivity contribution in [2.75, 3.05) is 5.32 Å². The fraction of sp³-hybridized carbons (Fsp3) is 0.312. The molecule has 1 saturated heterocycles. The number of benzene rings is 1. The summed E-state index contributed by atoms with van der Waals surface area (Å²) in [6.45, 7) is 4.98. The maximum atomic E-state index is 11.9. The molecule has 0 spiro atoms. The molecule has 1 aromatic heterocycles. The van der Waals surface area contributed by atoms with E-state index >= 15 is 0 Å². The molecule has 120 valence electrons. The number of hydrogen-bond donors (Lipinski definition) is 1. The molecule has 0 saturated carbocycles. The van der Waals surface area contributed by atoms with E-state index in [2.05, 4.69) is 10.4 Å². The second-order valence-electron chi connectivity index (χ2n) is 5.82. The van der Waals surface area contributed by atoms with Crippen LogP contribution in [0.15, 0.2) is 30.0 Å². The minimum absolute atomic E-state index is 0.174. The number of nitrogens with one attached hydrogen (secondary N) is 1. The lowest BCUT2D eigenvalue weighted by Gasteiger charge is -2.29. The largest absolute Gasteiger partial charge is 0.419 e. The van der Waals surface area contributed by atoms with Crippen molar-refractivity contribution in [3.05, 3.63) is 35.7 Å². The zero-order chi connectivity index (χ0) is 16.8. The first-order valence-electron chi connectivity index (χ1n) is 7.13. The van der Waals surface area contributed by atoms with Crippen LogP contribution in [-0.4, -0.2) is 27.5 Å². The van der Waals surface area contributed by atoms with Crippen molar-refractivity contribution >= 4 is 28.5 Å². The van der Waals surface area contributed by atoms with Crippen LogP contribution < -0.4 is 5.32 Å². The minimum atomic E-state index is -1.24. The molecule has 0 radical (unpaired) electrons. The third kappa shape index (κ3) is 2.77. The lowest BCUT2D eigenvalue weighted by atomic mass is 10.2. The number of anilines is 1. The molecule has 23 heavy (non-hydrogen) atoms. The molecule has 1 N–H and O–H groups in total. The van der Waals surface area contributed by atoms with Crippen molar-refractivity contribution in [1.29, 1.82) is 0 Å². The van der Waals surface area contributed by atoms with Gasteiger partial charge in [0.15, 0.2) is 5.57 Å². The highest BCUT2D eigenvalue weighted by Gasteiger charge is 2.38. The van der Waals surface area contributed by atoms with Crippen molar-refractivity contribution in [3.8, 4) is 0 Å². The zero-order valence-electron chi connectivity index (χ0n) is 13.3. The van der Waals surface area contributed by atoms with Gasteiger partial charge >= 0.3 is 11.9 Å². The molecular weight excluding hydrogens is 298 g/mol. The number of cyclic esters (lactones) is 2. The molecule has 7 heteroatoms. The van der Waals surface area contributed by atoms with Gasteiger partial charge in [0.2, 0.25) is 0 Å². The van der Waals surface area contributed by atoms with E-state index in [1.54, 1.807) is 4.68 Å². The zero-order valence-corrected chi connectivity index (χ0v) is 13.3. The SMILES string of the molecule is Cc1c2cc(NC=C3C(=O)OC(C)(C)OC3=O)ccc2nn1C. The molecule has 0 atom stereocenters. The highest BCUT2D eigenvalue weighted by atomic mass is 16.7. The van der Waals surface area contributed by atoms with Crippen LogP contribution in [0.25, 0.3) is 10.9 Å². The number of aromatic nitrogens is 2. The van der Waals surface area contributed by atoms with Crippen LogP contribution in [0.3, 0.4) is 0 Å². The molecule has 7 nitrogen and oxygen atoms in total. The van der Waals surface area contributed by atoms with Gasteiger partial charge in [0.25, 0.3) is 5.79 Å². The fourth-order valence-electron chi connectivity index (χ4n) is 2.35. The molecule has 2 heterocycles. The van der Waals surface area contributed by atoms with Crippen molar-refractivity contribution in [2.24, 2.45) is 7.05 Å². The van der Waals surface area contributed by atoms with E-state index < -0.39 is 17.7 Å². The maximum absolute atomic E-state index is 11.9. The summed E-state index contributed by atoms with van der Waals surface area (Å²) in [5.74, 6) is -2.66. The third-order valence-corrected chi connectivity index (χ3v) is 3.63. The second kappa shape index (κ2) is 5.12. The molecule has 0 amide bonds. The molecule has 0 bridgehead atoms. The highest BCUT2D eigenvalue weighted by Crippen LogP contribution is 2.24. The molecule has 0 unspecified atom stereocenters. The molecule has 1 fully saturated rings. The van der Waals surface area contributed by atoms with Crippen molar-refractivity contribution < 1.29 is 19.1 Å². The Morgan fingerprint density at radius 2 is 1.87 bits per heavy atom. The van der Waals surface area contributed by atoms with Gasteiger partial charge in [-0.2, -0.15) is 5.10 Å². The predicted molar refractivity (Wildman–Crippen MR) is 83.4 cm³/mol. The molecule has 1 aliphatic rings. The monoisotopic (exact) mass is 315 g/mol. The van der Waals surface area contributed by atoms with E-state index in [1.807, 2.05) is 32.2 Å². The molecule has 1 aliphatic heterocycles. The van der Waals surface area contributed by atoms with E-state index in [0.29, 0.717) is 0 Å². The Morgan fingerprint density at radius 3 is 2.52 bits per heavy atom. The molecule has 1 aromatic carbocycles. The number of fused-ring (bicyclic) bond motifs is 1. The van der Waals surface area contributed by atoms with Crippen LogP contribution in [-0.2, 0) is 26.1 Å². The van der Waals surface area contributed by atoms with Crippen LogP contribution in [0.1, 0.15) is 19.5 Å². The number of nitrogens with zero attached hydrogens (tertiary/aromatic N) is 2. The summed E-state index contributed by atoms with van der Waals surface area (Å²) < 4.78 is 11.9. The summed E-state index contributed by atoms with van der Waals surface area (Å²) in [6.07, 6.45) is 1.30. The topological polar surface area (TPSA) is 82.4 Å². The lowest BCUT2D eigenvalue weighted by Crippen LogP contribution is -2.42. The number of carbonyl (C=O) groups is 2. The van der Waals surface area contributed by atoms with Gasteiger partial charge in [0.1, 0.15) is 0 Å². The summed E-state index contributed by atoms with van der Waals surface area (Å²) in [5.41, 5.74) is 2.45. The van der Waals surface area contributed by atoms with Crippen LogP contribution in [0.5, 0.6) is 0 Å². The van der Waals surface area contributed by atoms with Gasteiger partial charge in [0.05, 0.1) is 5.52 Å². The van der Waals surface area contributed by atoms with Crippen LogP contribution in [0.4, 0.5) is 5.69 Å². The van der Waals surface area contributed by atoms with Crippen molar-refractivity contribution in [1.82, 2.24) is 9.78 Å². The normalized spacial score (nSPS) is 17.0. The molecular formula is C16H17N3O4. The Hall–Kier alpha value is -2.83. The Balaban J connectivity index is 1.86. The summed E-state index contributed by atoms with van der Waals surface area (Å²) in [5, 5.41) is 8.29. The maximum Gasteiger partial charge on any atom is 0.350 e. The first kappa shape index (κ1) is 15.1. The third-order valence-electron chi connectivity index (χ3n) is 3.63. The van der Waals surface area contributed by atoms with Gasteiger partial charge in [-0.1, -0.05) is 0 Å². The average Bonchev–Trinajstić information content (AvgIpc) is 2.72. The lowest BCUT2D eigenvalue weighted by molar-refractivity contribution is -0.222. The smallest absolute Gasteiger partial charge is 0.350 e. The summed E-state index contributed by atoms with van der Waals surface area (Å²) in [7, 11) is 1.88. The first-order chi connectivity index (χ1) is 10.8. The fourth-order valence-corrected chi connectivity index (χ4v) is 2.35. The van der Waals surface area contributed by atoms with E-state index in [-0.39, 0.29) is 5.57 Å². The van der Waals surface area contributed by atoms with Crippen molar-refractivity contribution in [2.45, 2.75) is 26.6 Å². The molecule has 0 aliphatic carbocycles. The second-order valence-corrected chi connectivity index (χ2v) is 5.82. The summed E-state index contributed by atoms with van der Waals surface area (Å²) in [6, 6.07) is 5.58. The van der Waals surface area contributed by atoms with Gasteiger partial charge in [-0.05, 0) is 25.1 Å². The highest BCUT2D eigenvalue weighted by molar-refractivity contribution is 6.15. The van der Waals surface area contributed by atoms with E-state index in [9.17, 15) is 9.59 Å². The number of esters is 2. The Bertz CT molecular complexity index is 826. The van der Waals surface area contributed by atoms with Crippen LogP contribution >= 0.6 is 0 Å². The summed E-state index contributed by atoms with van der Waals surface area (Å²) in [4.78, 5) is 23.7. The molecule has 3 rings (SSSR count). The molecule has 2 aromatic rings. The van der Waals surface area contributed by atoms with E-state index in [1.165, 1.54) is 20.0 Å². The number of aryl methyl sites for hydroxylation is 2. The Labute approximate surface area is 132 Å². The van der Waals surface area contributed by atoms with E-state index in [4.69, 9.17) is 9.47 Å². The number of hydrogen-bond acceptors (Lipinski definition) is 6. The average molecular weight is 315 g/mol. The van der Waals surface area contributed by atoms with Gasteiger partial charge in [-0.3, -0.25) is 4.68 Å². The van der Waals surface area contributed by atoms with Gasteiger partial charge in [-0.25, -0.2) is 9.59 Å². The Morgan fingerprint density at radius 1 is 1.22 bits per heavy atom. The predicted octanol–water partition coefficient (Wildman–Crippen LogP) is 2.01. The van der Waals surface area contributed by atoms with Crippen LogP contribution in [0.2, 0.25) is 0 Å². The minimum Gasteiger partial charge on any atom is -0.419 e. The first-order valence-corrected chi connectivity index (χ1v) is 7.13. The standard InChI is InChI=1S/C16H17N3O4/c1-9-11-7-10(5-6-13(11)18-19(9)4)17-8-12-14(20)22-16(2,3)23-15(12)21/h5-8,17H,1-4H3. The number of carbonyl (C=O) groups excluding carboxylic acids is 2. The Kier molecular flexibility index (Phi) is 3.35. The quantitative estimate of drug-likeness (QED) is 0.518. The van der Waals surface area contributed by atoms with Gasteiger partial charge < -0.3 is 14.8 Å². The van der Waals surface area contributed by atoms with E-state index in [0.717, 1.165) is 22.3 Å².